The molecule has 1 amide bonds. The number of nitrogens with one attached hydrogen (secondary N) is 2. The highest BCUT2D eigenvalue weighted by Gasteiger charge is 2.27. The first kappa shape index (κ1) is 19.8. The number of carbonyl (C=O) groups excluding carboxylic acids is 1. The van der Waals surface area contributed by atoms with Gasteiger partial charge in [0.2, 0.25) is 10.0 Å². The lowest BCUT2D eigenvalue weighted by Gasteiger charge is -2.32. The molecule has 1 aliphatic rings. The number of nitro benzene ring substituents is 1. The fraction of sp³-hybridized carbons (Fsp3) is 0.353. The molecule has 0 atom stereocenters. The van der Waals surface area contributed by atoms with Gasteiger partial charge in [-0.25, -0.2) is 13.1 Å². The first-order valence-electron chi connectivity index (χ1n) is 8.63. The SMILES string of the molecule is CNS(=O)(=O)c1ccc(NC2CCN(C(=O)c3ccco3)CC2)c([N+](=O)[O-])c1. The molecule has 0 radical (unpaired) electrons. The molecule has 2 heterocycles. The molecule has 28 heavy (non-hydrogen) atoms. The molecule has 1 fully saturated rings. The van der Waals surface area contributed by atoms with Crippen molar-refractivity contribution in [1.82, 2.24) is 9.62 Å². The molecule has 3 rings (SSSR count). The summed E-state index contributed by atoms with van der Waals surface area (Å²) in [5.41, 5.74) is -0.0683. The predicted molar refractivity (Wildman–Crippen MR) is 101 cm³/mol. The molecule has 2 N–H and O–H groups in total. The van der Waals surface area contributed by atoms with Crippen LogP contribution in [0.4, 0.5) is 11.4 Å². The number of hydrogen-bond donors (Lipinski definition) is 2. The first-order valence-corrected chi connectivity index (χ1v) is 10.1. The van der Waals surface area contributed by atoms with Gasteiger partial charge in [0.05, 0.1) is 16.1 Å². The summed E-state index contributed by atoms with van der Waals surface area (Å²) in [7, 11) is -2.54. The molecule has 11 heteroatoms. The van der Waals surface area contributed by atoms with Gasteiger partial charge < -0.3 is 14.6 Å². The Labute approximate surface area is 161 Å². The van der Waals surface area contributed by atoms with Crippen molar-refractivity contribution in [3.05, 3.63) is 52.5 Å². The largest absolute Gasteiger partial charge is 0.459 e. The Hall–Kier alpha value is -2.92. The van der Waals surface area contributed by atoms with Crippen LogP contribution in [0.3, 0.4) is 0 Å². The van der Waals surface area contributed by atoms with Crippen molar-refractivity contribution in [2.24, 2.45) is 0 Å². The van der Waals surface area contributed by atoms with Gasteiger partial charge in [-0.1, -0.05) is 0 Å². The van der Waals surface area contributed by atoms with Gasteiger partial charge in [-0.05, 0) is 44.2 Å². The molecule has 1 aliphatic heterocycles. The molecule has 0 unspecified atom stereocenters. The van der Waals surface area contributed by atoms with Crippen molar-refractivity contribution >= 4 is 27.3 Å². The third-order valence-corrected chi connectivity index (χ3v) is 6.03. The Morgan fingerprint density at radius 1 is 1.29 bits per heavy atom. The number of amides is 1. The summed E-state index contributed by atoms with van der Waals surface area (Å²) >= 11 is 0. The second-order valence-corrected chi connectivity index (χ2v) is 8.22. The molecular formula is C17H20N4O6S. The molecular weight excluding hydrogens is 388 g/mol. The summed E-state index contributed by atoms with van der Waals surface area (Å²) in [6, 6.07) is 6.92. The van der Waals surface area contributed by atoms with Gasteiger partial charge in [-0.15, -0.1) is 0 Å². The van der Waals surface area contributed by atoms with Crippen molar-refractivity contribution in [3.63, 3.8) is 0 Å². The van der Waals surface area contributed by atoms with Gasteiger partial charge in [-0.2, -0.15) is 0 Å². The standard InChI is InChI=1S/C17H20N4O6S/c1-18-28(25,26)13-4-5-14(15(11-13)21(23)24)19-12-6-8-20(9-7-12)17(22)16-3-2-10-27-16/h2-5,10-12,18-19H,6-9H2,1H3. The third-order valence-electron chi connectivity index (χ3n) is 4.62. The quantitative estimate of drug-likeness (QED) is 0.550. The molecule has 1 aromatic carbocycles. The van der Waals surface area contributed by atoms with Crippen LogP contribution in [0.1, 0.15) is 23.4 Å². The van der Waals surface area contributed by atoms with Crippen molar-refractivity contribution in [2.45, 2.75) is 23.8 Å². The molecule has 150 valence electrons. The van der Waals surface area contributed by atoms with E-state index in [4.69, 9.17) is 4.42 Å². The zero-order chi connectivity index (χ0) is 20.3. The van der Waals surface area contributed by atoms with E-state index in [9.17, 15) is 23.3 Å². The maximum absolute atomic E-state index is 12.3. The van der Waals surface area contributed by atoms with Crippen molar-refractivity contribution < 1.29 is 22.6 Å². The second kappa shape index (κ2) is 7.98. The van der Waals surface area contributed by atoms with Crippen LogP contribution in [-0.2, 0) is 10.0 Å². The minimum Gasteiger partial charge on any atom is -0.459 e. The summed E-state index contributed by atoms with van der Waals surface area (Å²) in [6.07, 6.45) is 2.64. The number of benzene rings is 1. The van der Waals surface area contributed by atoms with Crippen LogP contribution in [0.25, 0.3) is 0 Å². The van der Waals surface area contributed by atoms with Gasteiger partial charge in [-0.3, -0.25) is 14.9 Å². The molecule has 0 bridgehead atoms. The summed E-state index contributed by atoms with van der Waals surface area (Å²) in [5.74, 6) is 0.0967. The van der Waals surface area contributed by atoms with E-state index in [0.29, 0.717) is 25.9 Å². The number of carbonyl (C=O) groups is 1. The van der Waals surface area contributed by atoms with Crippen LogP contribution in [0.15, 0.2) is 45.9 Å². The van der Waals surface area contributed by atoms with Gasteiger partial charge >= 0.3 is 0 Å². The summed E-state index contributed by atoms with van der Waals surface area (Å²) in [5, 5.41) is 14.5. The molecule has 2 aromatic rings. The third kappa shape index (κ3) is 4.15. The van der Waals surface area contributed by atoms with Gasteiger partial charge in [0.1, 0.15) is 5.69 Å². The highest BCUT2D eigenvalue weighted by atomic mass is 32.2. The minimum absolute atomic E-state index is 0.0777. The van der Waals surface area contributed by atoms with Crippen LogP contribution >= 0.6 is 0 Å². The van der Waals surface area contributed by atoms with E-state index in [1.807, 2.05) is 0 Å². The van der Waals surface area contributed by atoms with Crippen LogP contribution in [0, 0.1) is 10.1 Å². The van der Waals surface area contributed by atoms with Crippen molar-refractivity contribution in [1.29, 1.82) is 0 Å². The number of nitrogens with zero attached hydrogens (tertiary/aromatic N) is 2. The van der Waals surface area contributed by atoms with Crippen molar-refractivity contribution in [3.8, 4) is 0 Å². The number of rotatable bonds is 6. The molecule has 0 saturated carbocycles. The zero-order valence-corrected chi connectivity index (χ0v) is 15.9. The highest BCUT2D eigenvalue weighted by molar-refractivity contribution is 7.89. The first-order chi connectivity index (χ1) is 13.3. The summed E-state index contributed by atoms with van der Waals surface area (Å²) in [6.45, 7) is 0.967. The van der Waals surface area contributed by atoms with E-state index in [0.717, 1.165) is 6.07 Å². The van der Waals surface area contributed by atoms with Gasteiger partial charge in [0.25, 0.3) is 11.6 Å². The summed E-state index contributed by atoms with van der Waals surface area (Å²) in [4.78, 5) is 24.6. The van der Waals surface area contributed by atoms with E-state index in [2.05, 4.69) is 10.0 Å². The van der Waals surface area contributed by atoms with E-state index >= 15 is 0 Å². The molecule has 10 nitrogen and oxygen atoms in total. The van der Waals surface area contributed by atoms with E-state index in [1.165, 1.54) is 25.4 Å². The normalized spacial score (nSPS) is 15.4. The number of hydrogen-bond acceptors (Lipinski definition) is 7. The fourth-order valence-electron chi connectivity index (χ4n) is 3.07. The van der Waals surface area contributed by atoms with Crippen LogP contribution < -0.4 is 10.0 Å². The minimum atomic E-state index is -3.78. The number of furan rings is 1. The fourth-order valence-corrected chi connectivity index (χ4v) is 3.82. The average Bonchev–Trinajstić information content (AvgIpc) is 3.23. The van der Waals surface area contributed by atoms with Crippen LogP contribution in [-0.4, -0.2) is 50.3 Å². The smallest absolute Gasteiger partial charge is 0.293 e. The Morgan fingerprint density at radius 2 is 2.00 bits per heavy atom. The Balaban J connectivity index is 1.69. The zero-order valence-electron chi connectivity index (χ0n) is 15.1. The molecule has 1 aromatic heterocycles. The van der Waals surface area contributed by atoms with E-state index in [1.54, 1.807) is 17.0 Å². The predicted octanol–water partition coefficient (Wildman–Crippen LogP) is 1.81. The van der Waals surface area contributed by atoms with E-state index in [-0.39, 0.29) is 34.0 Å². The average molecular weight is 408 g/mol. The lowest BCUT2D eigenvalue weighted by molar-refractivity contribution is -0.384. The topological polar surface area (TPSA) is 135 Å². The number of sulfonamides is 1. The second-order valence-electron chi connectivity index (χ2n) is 6.33. The maximum Gasteiger partial charge on any atom is 0.293 e. The van der Waals surface area contributed by atoms with Gasteiger partial charge in [0.15, 0.2) is 5.76 Å². The lowest BCUT2D eigenvalue weighted by Crippen LogP contribution is -2.42. The number of nitro groups is 1. The van der Waals surface area contributed by atoms with Crippen LogP contribution in [0.5, 0.6) is 0 Å². The van der Waals surface area contributed by atoms with E-state index < -0.39 is 14.9 Å². The van der Waals surface area contributed by atoms with Gasteiger partial charge in [0, 0.05) is 25.2 Å². The lowest BCUT2D eigenvalue weighted by atomic mass is 10.0. The molecule has 0 spiro atoms. The van der Waals surface area contributed by atoms with Crippen molar-refractivity contribution in [2.75, 3.05) is 25.5 Å². The Bertz CT molecular complexity index is 966. The highest BCUT2D eigenvalue weighted by Crippen LogP contribution is 2.29. The Morgan fingerprint density at radius 3 is 2.57 bits per heavy atom. The monoisotopic (exact) mass is 408 g/mol. The number of likely N-dealkylation sites (tertiary alicyclic amines) is 1. The van der Waals surface area contributed by atoms with Crippen LogP contribution in [0.2, 0.25) is 0 Å². The number of piperidine rings is 1. The Kier molecular flexibility index (Phi) is 5.66. The molecule has 0 aliphatic carbocycles. The number of anilines is 1. The summed E-state index contributed by atoms with van der Waals surface area (Å²) < 4.78 is 31.0. The molecule has 1 saturated heterocycles. The maximum atomic E-state index is 12.3.